The van der Waals surface area contributed by atoms with E-state index in [0.29, 0.717) is 29.6 Å². The maximum atomic E-state index is 9.81. The molecule has 17 heavy (non-hydrogen) atoms. The maximum Gasteiger partial charge on any atom is 0.0705 e. The molecule has 0 aromatic heterocycles. The number of aliphatic hydroxyl groups is 1. The Kier molecular flexibility index (Phi) is 6.85. The van der Waals surface area contributed by atoms with Crippen LogP contribution in [0.1, 0.15) is 5.56 Å². The van der Waals surface area contributed by atoms with Gasteiger partial charge in [0.25, 0.3) is 0 Å². The molecule has 0 radical (unpaired) electrons. The molecule has 0 fully saturated rings. The van der Waals surface area contributed by atoms with Gasteiger partial charge in [0.15, 0.2) is 0 Å². The Morgan fingerprint density at radius 3 is 2.88 bits per heavy atom. The number of halogens is 2. The lowest BCUT2D eigenvalue weighted by molar-refractivity contribution is 0.160. The van der Waals surface area contributed by atoms with E-state index in [0.717, 1.165) is 12.1 Å². The number of methoxy groups -OCH3 is 1. The highest BCUT2D eigenvalue weighted by molar-refractivity contribution is 6.42. The van der Waals surface area contributed by atoms with Crippen molar-refractivity contribution in [3.63, 3.8) is 0 Å². The minimum Gasteiger partial charge on any atom is -0.391 e. The van der Waals surface area contributed by atoms with E-state index in [1.54, 1.807) is 13.2 Å². The van der Waals surface area contributed by atoms with Gasteiger partial charge in [-0.1, -0.05) is 35.3 Å². The Morgan fingerprint density at radius 1 is 1.41 bits per heavy atom. The molecule has 96 valence electrons. The van der Waals surface area contributed by atoms with Crippen molar-refractivity contribution in [3.8, 4) is 0 Å². The van der Waals surface area contributed by atoms with Gasteiger partial charge < -0.3 is 15.2 Å². The van der Waals surface area contributed by atoms with Crippen LogP contribution in [-0.4, -0.2) is 38.0 Å². The fourth-order valence-electron chi connectivity index (χ4n) is 1.48. The molecule has 1 atom stereocenters. The summed E-state index contributed by atoms with van der Waals surface area (Å²) in [6.07, 6.45) is 0.00199. The van der Waals surface area contributed by atoms with Crippen molar-refractivity contribution in [2.45, 2.75) is 12.5 Å². The lowest BCUT2D eigenvalue weighted by Crippen LogP contribution is -2.30. The minimum absolute atomic E-state index is 0.483. The molecule has 0 bridgehead atoms. The number of ether oxygens (including phenoxy) is 1. The number of benzene rings is 1. The van der Waals surface area contributed by atoms with Crippen LogP contribution in [-0.2, 0) is 11.2 Å². The monoisotopic (exact) mass is 277 g/mol. The predicted octanol–water partition coefficient (Wildman–Crippen LogP) is 2.13. The van der Waals surface area contributed by atoms with Crippen molar-refractivity contribution in [1.29, 1.82) is 0 Å². The first-order valence-electron chi connectivity index (χ1n) is 5.45. The Morgan fingerprint density at radius 2 is 2.18 bits per heavy atom. The van der Waals surface area contributed by atoms with Crippen molar-refractivity contribution in [1.82, 2.24) is 5.32 Å². The number of hydrogen-bond acceptors (Lipinski definition) is 3. The van der Waals surface area contributed by atoms with Gasteiger partial charge in [0.2, 0.25) is 0 Å². The first kappa shape index (κ1) is 14.7. The van der Waals surface area contributed by atoms with E-state index in [4.69, 9.17) is 27.9 Å². The Balaban J connectivity index is 2.39. The molecule has 1 rings (SSSR count). The van der Waals surface area contributed by atoms with Gasteiger partial charge in [-0.05, 0) is 11.6 Å². The summed E-state index contributed by atoms with van der Waals surface area (Å²) >= 11 is 11.9. The van der Waals surface area contributed by atoms with Gasteiger partial charge in [-0.25, -0.2) is 0 Å². The van der Waals surface area contributed by atoms with Crippen LogP contribution in [0.15, 0.2) is 18.2 Å². The first-order chi connectivity index (χ1) is 8.15. The smallest absolute Gasteiger partial charge is 0.0705 e. The first-order valence-corrected chi connectivity index (χ1v) is 6.21. The molecule has 0 saturated heterocycles. The number of nitrogens with one attached hydrogen (secondary N) is 1. The quantitative estimate of drug-likeness (QED) is 0.751. The third-order valence-electron chi connectivity index (χ3n) is 2.35. The third kappa shape index (κ3) is 5.23. The molecule has 1 aromatic carbocycles. The number of hydrogen-bond donors (Lipinski definition) is 2. The number of aliphatic hydroxyl groups excluding tert-OH is 1. The van der Waals surface area contributed by atoms with Crippen molar-refractivity contribution >= 4 is 23.2 Å². The molecule has 0 saturated carbocycles. The summed E-state index contributed by atoms with van der Waals surface area (Å²) in [5, 5.41) is 13.9. The fourth-order valence-corrected chi connectivity index (χ4v) is 1.87. The van der Waals surface area contributed by atoms with Gasteiger partial charge in [0.1, 0.15) is 0 Å². The predicted molar refractivity (Wildman–Crippen MR) is 70.9 cm³/mol. The topological polar surface area (TPSA) is 41.5 Å². The molecule has 0 spiro atoms. The summed E-state index contributed by atoms with van der Waals surface area (Å²) in [6.45, 7) is 1.85. The van der Waals surface area contributed by atoms with E-state index in [9.17, 15) is 5.11 Å². The van der Waals surface area contributed by atoms with E-state index in [-0.39, 0.29) is 0 Å². The maximum absolute atomic E-state index is 9.81. The summed E-state index contributed by atoms with van der Waals surface area (Å²) in [4.78, 5) is 0. The van der Waals surface area contributed by atoms with Crippen LogP contribution in [0.2, 0.25) is 10.0 Å². The lowest BCUT2D eigenvalue weighted by atomic mass is 10.1. The standard InChI is InChI=1S/C12H17Cl2NO2/c1-17-6-5-15-8-10(16)7-9-3-2-4-11(13)12(9)14/h2-4,10,15-16H,5-8H2,1H3. The Hall–Kier alpha value is -0.320. The van der Waals surface area contributed by atoms with Crippen LogP contribution in [0.3, 0.4) is 0 Å². The summed E-state index contributed by atoms with van der Waals surface area (Å²) in [7, 11) is 1.64. The molecule has 5 heteroatoms. The second-order valence-corrected chi connectivity index (χ2v) is 4.55. The average Bonchev–Trinajstić information content (AvgIpc) is 2.31. The highest BCUT2D eigenvalue weighted by Crippen LogP contribution is 2.26. The molecule has 0 heterocycles. The molecule has 3 nitrogen and oxygen atoms in total. The van der Waals surface area contributed by atoms with Gasteiger partial charge in [0.05, 0.1) is 22.8 Å². The van der Waals surface area contributed by atoms with E-state index < -0.39 is 6.10 Å². The summed E-state index contributed by atoms with van der Waals surface area (Å²) in [5.74, 6) is 0. The average molecular weight is 278 g/mol. The van der Waals surface area contributed by atoms with Crippen LogP contribution < -0.4 is 5.32 Å². The highest BCUT2D eigenvalue weighted by Gasteiger charge is 2.09. The zero-order valence-electron chi connectivity index (χ0n) is 9.75. The molecule has 1 unspecified atom stereocenters. The molecule has 1 aromatic rings. The van der Waals surface area contributed by atoms with Crippen LogP contribution in [0, 0.1) is 0 Å². The van der Waals surface area contributed by atoms with Gasteiger partial charge in [0, 0.05) is 26.6 Å². The van der Waals surface area contributed by atoms with Crippen LogP contribution in [0.25, 0.3) is 0 Å². The Bertz CT molecular complexity index is 347. The van der Waals surface area contributed by atoms with Crippen molar-refractivity contribution in [3.05, 3.63) is 33.8 Å². The molecule has 0 aliphatic rings. The summed E-state index contributed by atoms with van der Waals surface area (Å²) in [6, 6.07) is 5.43. The van der Waals surface area contributed by atoms with Gasteiger partial charge >= 0.3 is 0 Å². The normalized spacial score (nSPS) is 12.7. The largest absolute Gasteiger partial charge is 0.391 e. The van der Waals surface area contributed by atoms with Gasteiger partial charge in [-0.2, -0.15) is 0 Å². The molecule has 2 N–H and O–H groups in total. The highest BCUT2D eigenvalue weighted by atomic mass is 35.5. The van der Waals surface area contributed by atoms with Gasteiger partial charge in [-0.15, -0.1) is 0 Å². The van der Waals surface area contributed by atoms with Crippen molar-refractivity contribution < 1.29 is 9.84 Å². The fraction of sp³-hybridized carbons (Fsp3) is 0.500. The van der Waals surface area contributed by atoms with Crippen LogP contribution in [0.4, 0.5) is 0 Å². The second-order valence-electron chi connectivity index (χ2n) is 3.77. The Labute approximate surface area is 112 Å². The van der Waals surface area contributed by atoms with E-state index in [1.165, 1.54) is 0 Å². The molecular formula is C12H17Cl2NO2. The zero-order valence-corrected chi connectivity index (χ0v) is 11.3. The van der Waals surface area contributed by atoms with Crippen LogP contribution in [0.5, 0.6) is 0 Å². The molecule has 0 aliphatic heterocycles. The molecular weight excluding hydrogens is 261 g/mol. The van der Waals surface area contributed by atoms with E-state index in [1.807, 2.05) is 12.1 Å². The van der Waals surface area contributed by atoms with Crippen molar-refractivity contribution in [2.75, 3.05) is 26.8 Å². The summed E-state index contributed by atoms with van der Waals surface area (Å²) < 4.78 is 4.89. The number of rotatable bonds is 7. The van der Waals surface area contributed by atoms with Crippen LogP contribution >= 0.6 is 23.2 Å². The minimum atomic E-state index is -0.483. The van der Waals surface area contributed by atoms with E-state index >= 15 is 0 Å². The van der Waals surface area contributed by atoms with Gasteiger partial charge in [-0.3, -0.25) is 0 Å². The second kappa shape index (κ2) is 7.90. The molecule has 0 amide bonds. The van der Waals surface area contributed by atoms with Crippen molar-refractivity contribution in [2.24, 2.45) is 0 Å². The summed E-state index contributed by atoms with van der Waals surface area (Å²) in [5.41, 5.74) is 0.861. The lowest BCUT2D eigenvalue weighted by Gasteiger charge is -2.13. The van der Waals surface area contributed by atoms with E-state index in [2.05, 4.69) is 5.32 Å². The third-order valence-corrected chi connectivity index (χ3v) is 3.21. The molecule has 0 aliphatic carbocycles. The zero-order chi connectivity index (χ0) is 12.7. The SMILES string of the molecule is COCCNCC(O)Cc1cccc(Cl)c1Cl.